The molecule has 0 N–H and O–H groups in total. The fourth-order valence-corrected chi connectivity index (χ4v) is 4.29. The quantitative estimate of drug-likeness (QED) is 0.521. The fourth-order valence-electron chi connectivity index (χ4n) is 3.36. The third kappa shape index (κ3) is 2.75. The van der Waals surface area contributed by atoms with Gasteiger partial charge >= 0.3 is 0 Å². The molecular weight excluding hydrogens is 437 g/mol. The Morgan fingerprint density at radius 2 is 1.85 bits per heavy atom. The molecule has 0 radical (unpaired) electrons. The van der Waals surface area contributed by atoms with E-state index in [9.17, 15) is 4.79 Å². The predicted molar refractivity (Wildman–Crippen MR) is 107 cm³/mol. The molecule has 1 unspecified atom stereocenters. The van der Waals surface area contributed by atoms with Crippen LogP contribution >= 0.6 is 39.1 Å². The maximum atomic E-state index is 13.4. The molecule has 0 fully saturated rings. The van der Waals surface area contributed by atoms with Crippen molar-refractivity contribution in [3.8, 4) is 0 Å². The van der Waals surface area contributed by atoms with Gasteiger partial charge in [-0.2, -0.15) is 0 Å². The number of imidazole rings is 1. The van der Waals surface area contributed by atoms with Crippen LogP contribution in [0.5, 0.6) is 0 Å². The van der Waals surface area contributed by atoms with Gasteiger partial charge in [0.15, 0.2) is 0 Å². The van der Waals surface area contributed by atoms with E-state index in [1.165, 1.54) is 0 Å². The minimum Gasteiger partial charge on any atom is -0.301 e. The van der Waals surface area contributed by atoms with Crippen molar-refractivity contribution in [2.24, 2.45) is 0 Å². The Labute approximate surface area is 169 Å². The van der Waals surface area contributed by atoms with Gasteiger partial charge in [-0.15, -0.1) is 0 Å². The monoisotopic (exact) mass is 449 g/mol. The van der Waals surface area contributed by atoms with Crippen molar-refractivity contribution < 1.29 is 4.79 Å². The standard InChI is InChI=1S/C19H14BrCl2N3O/c1-19(11-12-4-2-3-5-16(12)20)17(26)25(18-23-6-7-24(18)19)15-9-13(21)8-14(22)10-15/h2-10H,11H2,1H3. The molecule has 1 amide bonds. The molecule has 2 aromatic carbocycles. The first kappa shape index (κ1) is 17.6. The molecule has 1 aliphatic heterocycles. The average molecular weight is 451 g/mol. The molecule has 1 aliphatic rings. The normalized spacial score (nSPS) is 19.1. The zero-order valence-corrected chi connectivity index (χ0v) is 16.9. The summed E-state index contributed by atoms with van der Waals surface area (Å²) in [5, 5.41) is 0.940. The maximum absolute atomic E-state index is 13.4. The van der Waals surface area contributed by atoms with Crippen LogP contribution in [0.1, 0.15) is 12.5 Å². The second-order valence-corrected chi connectivity index (χ2v) is 8.13. The largest absolute Gasteiger partial charge is 0.301 e. The van der Waals surface area contributed by atoms with Crippen LogP contribution < -0.4 is 4.90 Å². The number of amides is 1. The van der Waals surface area contributed by atoms with Crippen LogP contribution in [0.15, 0.2) is 59.3 Å². The highest BCUT2D eigenvalue weighted by Gasteiger charge is 2.48. The fraction of sp³-hybridized carbons (Fsp3) is 0.158. The molecule has 4 rings (SSSR count). The van der Waals surface area contributed by atoms with Gasteiger partial charge < -0.3 is 4.57 Å². The highest BCUT2D eigenvalue weighted by Crippen LogP contribution is 2.42. The first-order valence-corrected chi connectivity index (χ1v) is 9.53. The van der Waals surface area contributed by atoms with E-state index in [2.05, 4.69) is 20.9 Å². The van der Waals surface area contributed by atoms with Gasteiger partial charge in [0.1, 0.15) is 5.54 Å². The minimum absolute atomic E-state index is 0.0744. The van der Waals surface area contributed by atoms with Crippen molar-refractivity contribution >= 4 is 56.7 Å². The molecule has 0 saturated carbocycles. The topological polar surface area (TPSA) is 38.1 Å². The van der Waals surface area contributed by atoms with Crippen LogP contribution in [0.4, 0.5) is 11.6 Å². The maximum Gasteiger partial charge on any atom is 0.260 e. The highest BCUT2D eigenvalue weighted by atomic mass is 79.9. The Kier molecular flexibility index (Phi) is 4.34. The molecule has 0 saturated heterocycles. The number of carbonyl (C=O) groups is 1. The third-order valence-corrected chi connectivity index (χ3v) is 5.82. The summed E-state index contributed by atoms with van der Waals surface area (Å²) in [6.45, 7) is 1.92. The van der Waals surface area contributed by atoms with Gasteiger partial charge in [0, 0.05) is 33.3 Å². The van der Waals surface area contributed by atoms with Gasteiger partial charge in [-0.25, -0.2) is 9.88 Å². The number of rotatable bonds is 3. The minimum atomic E-state index is -0.801. The number of hydrogen-bond donors (Lipinski definition) is 0. The van der Waals surface area contributed by atoms with Crippen molar-refractivity contribution in [2.75, 3.05) is 4.90 Å². The molecule has 26 heavy (non-hydrogen) atoms. The van der Waals surface area contributed by atoms with Gasteiger partial charge in [-0.3, -0.25) is 4.79 Å². The zero-order chi connectivity index (χ0) is 18.5. The molecule has 132 valence electrons. The molecule has 0 bridgehead atoms. The lowest BCUT2D eigenvalue weighted by Gasteiger charge is -2.25. The highest BCUT2D eigenvalue weighted by molar-refractivity contribution is 9.10. The van der Waals surface area contributed by atoms with E-state index in [-0.39, 0.29) is 5.91 Å². The molecule has 0 aliphatic carbocycles. The summed E-state index contributed by atoms with van der Waals surface area (Å²) in [6.07, 6.45) is 4.05. The molecule has 0 spiro atoms. The van der Waals surface area contributed by atoms with Crippen molar-refractivity contribution in [1.82, 2.24) is 9.55 Å². The van der Waals surface area contributed by atoms with Crippen molar-refractivity contribution in [1.29, 1.82) is 0 Å². The third-order valence-electron chi connectivity index (χ3n) is 4.61. The van der Waals surface area contributed by atoms with Crippen LogP contribution in [-0.2, 0) is 16.8 Å². The second kappa shape index (κ2) is 6.41. The van der Waals surface area contributed by atoms with Gasteiger partial charge in [0.2, 0.25) is 5.95 Å². The Morgan fingerprint density at radius 1 is 1.15 bits per heavy atom. The second-order valence-electron chi connectivity index (χ2n) is 6.41. The average Bonchev–Trinajstić information content (AvgIpc) is 3.12. The SMILES string of the molecule is CC1(Cc2ccccc2Br)C(=O)N(c2cc(Cl)cc(Cl)c2)c2nccn21. The van der Waals surface area contributed by atoms with Gasteiger partial charge in [-0.05, 0) is 36.8 Å². The lowest BCUT2D eigenvalue weighted by molar-refractivity contribution is -0.123. The lowest BCUT2D eigenvalue weighted by Crippen LogP contribution is -2.40. The van der Waals surface area contributed by atoms with Crippen molar-refractivity contribution in [2.45, 2.75) is 18.9 Å². The van der Waals surface area contributed by atoms with E-state index < -0.39 is 5.54 Å². The van der Waals surface area contributed by atoms with E-state index in [4.69, 9.17) is 23.2 Å². The summed E-state index contributed by atoms with van der Waals surface area (Å²) in [5.74, 6) is 0.484. The van der Waals surface area contributed by atoms with E-state index in [0.717, 1.165) is 10.0 Å². The first-order chi connectivity index (χ1) is 12.4. The van der Waals surface area contributed by atoms with Crippen molar-refractivity contribution in [3.05, 3.63) is 74.9 Å². The Balaban J connectivity index is 1.82. The molecule has 7 heteroatoms. The number of nitrogens with zero attached hydrogens (tertiary/aromatic N) is 3. The number of anilines is 2. The molecule has 4 nitrogen and oxygen atoms in total. The molecule has 3 aromatic rings. The van der Waals surface area contributed by atoms with Gasteiger partial charge in [0.25, 0.3) is 5.91 Å². The number of hydrogen-bond acceptors (Lipinski definition) is 2. The number of halogens is 3. The Hall–Kier alpha value is -1.82. The summed E-state index contributed by atoms with van der Waals surface area (Å²) in [7, 11) is 0. The number of fused-ring (bicyclic) bond motifs is 1. The zero-order valence-electron chi connectivity index (χ0n) is 13.8. The summed E-state index contributed by atoms with van der Waals surface area (Å²) in [4.78, 5) is 19.4. The summed E-state index contributed by atoms with van der Waals surface area (Å²) in [5.41, 5.74) is 0.856. The van der Waals surface area contributed by atoms with Crippen LogP contribution in [0.2, 0.25) is 10.0 Å². The van der Waals surface area contributed by atoms with E-state index in [0.29, 0.717) is 28.1 Å². The first-order valence-electron chi connectivity index (χ1n) is 7.98. The predicted octanol–water partition coefficient (Wildman–Crippen LogP) is 5.59. The summed E-state index contributed by atoms with van der Waals surface area (Å²) < 4.78 is 2.88. The number of aromatic nitrogens is 2. The van der Waals surface area contributed by atoms with E-state index >= 15 is 0 Å². The number of carbonyl (C=O) groups excluding carboxylic acids is 1. The van der Waals surface area contributed by atoms with Crippen LogP contribution in [0.3, 0.4) is 0 Å². The van der Waals surface area contributed by atoms with E-state index in [1.807, 2.05) is 42.0 Å². The molecule has 1 aromatic heterocycles. The van der Waals surface area contributed by atoms with Gasteiger partial charge in [0.05, 0.1) is 5.69 Å². The smallest absolute Gasteiger partial charge is 0.260 e. The van der Waals surface area contributed by atoms with Crippen LogP contribution in [0, 0.1) is 0 Å². The van der Waals surface area contributed by atoms with Crippen LogP contribution in [0.25, 0.3) is 0 Å². The van der Waals surface area contributed by atoms with Crippen LogP contribution in [-0.4, -0.2) is 15.5 Å². The molecule has 1 atom stereocenters. The Bertz CT molecular complexity index is 999. The van der Waals surface area contributed by atoms with E-state index in [1.54, 1.807) is 29.3 Å². The van der Waals surface area contributed by atoms with Crippen molar-refractivity contribution in [3.63, 3.8) is 0 Å². The molecular formula is C19H14BrCl2N3O. The molecule has 2 heterocycles. The summed E-state index contributed by atoms with van der Waals surface area (Å²) >= 11 is 15.9. The number of benzene rings is 2. The lowest BCUT2D eigenvalue weighted by atomic mass is 9.92. The summed E-state index contributed by atoms with van der Waals surface area (Å²) in [6, 6.07) is 13.0. The Morgan fingerprint density at radius 3 is 2.54 bits per heavy atom. The van der Waals surface area contributed by atoms with Gasteiger partial charge in [-0.1, -0.05) is 57.3 Å².